The molecule has 0 atom stereocenters. The van der Waals surface area contributed by atoms with Crippen molar-refractivity contribution in [1.29, 1.82) is 0 Å². The van der Waals surface area contributed by atoms with E-state index >= 15 is 0 Å². The van der Waals surface area contributed by atoms with Crippen LogP contribution in [-0.4, -0.2) is 24.1 Å². The van der Waals surface area contributed by atoms with E-state index in [1.165, 1.54) is 16.5 Å². The smallest absolute Gasteiger partial charge is 0.164 e. The zero-order chi connectivity index (χ0) is 49.4. The van der Waals surface area contributed by atoms with Crippen LogP contribution in [0.25, 0.3) is 144 Å². The van der Waals surface area contributed by atoms with Crippen molar-refractivity contribution in [3.63, 3.8) is 0 Å². The van der Waals surface area contributed by atoms with Gasteiger partial charge in [0, 0.05) is 60.4 Å². The Balaban J connectivity index is 0.894. The zero-order valence-corrected chi connectivity index (χ0v) is 40.5. The van der Waals surface area contributed by atoms with Gasteiger partial charge in [-0.25, -0.2) is 15.0 Å². The van der Waals surface area contributed by atoms with Crippen molar-refractivity contribution in [2.24, 2.45) is 0 Å². The van der Waals surface area contributed by atoms with Crippen molar-refractivity contribution in [3.8, 4) is 78.9 Å². The van der Waals surface area contributed by atoms with Gasteiger partial charge in [0.2, 0.25) is 0 Å². The van der Waals surface area contributed by atoms with Crippen molar-refractivity contribution >= 4 is 65.6 Å². The Morgan fingerprint density at radius 2 is 0.587 bits per heavy atom. The van der Waals surface area contributed by atoms with Crippen LogP contribution in [0.4, 0.5) is 0 Å². The molecule has 75 heavy (non-hydrogen) atoms. The summed E-state index contributed by atoms with van der Waals surface area (Å²) < 4.78 is 12.1. The molecule has 0 saturated carbocycles. The van der Waals surface area contributed by atoms with Crippen molar-refractivity contribution in [1.82, 2.24) is 24.1 Å². The molecular weight excluding hydrogens is 915 g/mol. The number of hydrogen-bond acceptors (Lipinski definition) is 4. The second-order valence-electron chi connectivity index (χ2n) is 19.1. The Bertz CT molecular complexity index is 4650. The third kappa shape index (κ3) is 6.99. The fraction of sp³-hybridized carbons (Fsp3) is 0. The second kappa shape index (κ2) is 17.3. The summed E-state index contributed by atoms with van der Waals surface area (Å²) in [6, 6.07) is 92.0. The minimum atomic E-state index is 0.590. The Kier molecular flexibility index (Phi) is 9.78. The summed E-state index contributed by atoms with van der Waals surface area (Å²) in [5, 5.41) is 6.74. The van der Waals surface area contributed by atoms with E-state index in [0.29, 0.717) is 17.5 Å². The summed E-state index contributed by atoms with van der Waals surface area (Å²) in [7, 11) is 0. The molecule has 0 saturated heterocycles. The van der Waals surface area contributed by atoms with E-state index in [0.717, 1.165) is 110 Å². The molecule has 15 aromatic rings. The van der Waals surface area contributed by atoms with Crippen molar-refractivity contribution in [3.05, 3.63) is 261 Å². The van der Waals surface area contributed by atoms with Gasteiger partial charge >= 0.3 is 0 Å². The number of furan rings is 1. The first-order valence-electron chi connectivity index (χ1n) is 25.3. The highest BCUT2D eigenvalue weighted by molar-refractivity contribution is 6.26. The van der Waals surface area contributed by atoms with E-state index in [1.54, 1.807) is 0 Å². The average Bonchev–Trinajstić information content (AvgIpc) is 4.26. The lowest BCUT2D eigenvalue weighted by Gasteiger charge is -2.13. The van der Waals surface area contributed by atoms with E-state index in [-0.39, 0.29) is 0 Å². The number of fused-ring (bicyclic) bond motifs is 11. The van der Waals surface area contributed by atoms with Gasteiger partial charge in [-0.2, -0.15) is 0 Å². The van der Waals surface area contributed by atoms with Crippen LogP contribution in [0, 0.1) is 0 Å². The molecule has 0 bridgehead atoms. The molecular formula is C69H43N5O. The van der Waals surface area contributed by atoms with E-state index in [9.17, 15) is 0 Å². The summed E-state index contributed by atoms with van der Waals surface area (Å²) in [6.07, 6.45) is 0. The van der Waals surface area contributed by atoms with Gasteiger partial charge in [0.25, 0.3) is 0 Å². The molecule has 0 N–H and O–H groups in total. The van der Waals surface area contributed by atoms with E-state index in [2.05, 4.69) is 252 Å². The molecule has 0 radical (unpaired) electrons. The topological polar surface area (TPSA) is 61.7 Å². The van der Waals surface area contributed by atoms with Crippen molar-refractivity contribution in [2.45, 2.75) is 0 Å². The van der Waals surface area contributed by atoms with Crippen LogP contribution < -0.4 is 0 Å². The number of para-hydroxylation sites is 2. The summed E-state index contributed by atoms with van der Waals surface area (Å²) in [5.41, 5.74) is 17.6. The molecule has 6 nitrogen and oxygen atoms in total. The van der Waals surface area contributed by atoms with E-state index < -0.39 is 0 Å². The number of aromatic nitrogens is 5. The van der Waals surface area contributed by atoms with Crippen molar-refractivity contribution in [2.75, 3.05) is 0 Å². The molecule has 6 heteroatoms. The largest absolute Gasteiger partial charge is 0.452 e. The van der Waals surface area contributed by atoms with Crippen LogP contribution in [0.2, 0.25) is 0 Å². The normalized spacial score (nSPS) is 11.7. The van der Waals surface area contributed by atoms with Gasteiger partial charge in [0.1, 0.15) is 0 Å². The fourth-order valence-corrected chi connectivity index (χ4v) is 11.3. The zero-order valence-electron chi connectivity index (χ0n) is 40.5. The van der Waals surface area contributed by atoms with Crippen LogP contribution in [0.15, 0.2) is 265 Å². The molecule has 0 aliphatic carbocycles. The Morgan fingerprint density at radius 1 is 0.240 bits per heavy atom. The van der Waals surface area contributed by atoms with E-state index in [1.807, 2.05) is 18.2 Å². The standard InChI is InChI=1S/C69H43N5O/c1-4-16-44(17-5-1)46-28-30-49(31-29-46)67-70-68(72-69(71-67)60-25-11-10-22-53(60)48-20-8-3-9-21-48)50-34-38-52(39-35-50)74-62-27-15-13-24-55(62)57-41-43-59-58-42-40-56-54-23-12-14-26-61(54)73(63(56)65(58)75-66(59)64(57)74)51-36-32-47(33-37-51)45-18-6-2-7-19-45/h1-43H. The van der Waals surface area contributed by atoms with Crippen LogP contribution in [0.3, 0.4) is 0 Å². The molecule has 4 heterocycles. The van der Waals surface area contributed by atoms with Gasteiger partial charge in [-0.3, -0.25) is 0 Å². The molecule has 4 aromatic heterocycles. The molecule has 0 aliphatic heterocycles. The number of nitrogens with zero attached hydrogens (tertiary/aromatic N) is 5. The number of hydrogen-bond donors (Lipinski definition) is 0. The van der Waals surface area contributed by atoms with Gasteiger partial charge < -0.3 is 13.6 Å². The Hall–Kier alpha value is -10.2. The summed E-state index contributed by atoms with van der Waals surface area (Å²) >= 11 is 0. The third-order valence-electron chi connectivity index (χ3n) is 14.8. The molecule has 0 unspecified atom stereocenters. The average molecular weight is 958 g/mol. The maximum Gasteiger partial charge on any atom is 0.164 e. The highest BCUT2D eigenvalue weighted by Crippen LogP contribution is 2.45. The van der Waals surface area contributed by atoms with Gasteiger partial charge in [0.15, 0.2) is 28.6 Å². The first-order valence-corrected chi connectivity index (χ1v) is 25.3. The predicted molar refractivity (Wildman–Crippen MR) is 308 cm³/mol. The number of rotatable bonds is 8. The maximum absolute atomic E-state index is 7.36. The van der Waals surface area contributed by atoms with Crippen molar-refractivity contribution < 1.29 is 4.42 Å². The van der Waals surface area contributed by atoms with Gasteiger partial charge in [-0.1, -0.05) is 200 Å². The van der Waals surface area contributed by atoms with Crippen LogP contribution in [-0.2, 0) is 0 Å². The minimum absolute atomic E-state index is 0.590. The molecule has 0 amide bonds. The highest BCUT2D eigenvalue weighted by Gasteiger charge is 2.24. The summed E-state index contributed by atoms with van der Waals surface area (Å²) in [4.78, 5) is 15.6. The fourth-order valence-electron chi connectivity index (χ4n) is 11.3. The van der Waals surface area contributed by atoms with Crippen LogP contribution >= 0.6 is 0 Å². The van der Waals surface area contributed by atoms with E-state index in [4.69, 9.17) is 19.4 Å². The molecule has 11 aromatic carbocycles. The molecule has 15 rings (SSSR count). The molecule has 350 valence electrons. The quantitative estimate of drug-likeness (QED) is 0.152. The Morgan fingerprint density at radius 3 is 1.08 bits per heavy atom. The second-order valence-corrected chi connectivity index (χ2v) is 19.1. The first-order chi connectivity index (χ1) is 37.2. The van der Waals surface area contributed by atoms with Crippen LogP contribution in [0.5, 0.6) is 0 Å². The first kappa shape index (κ1) is 42.5. The van der Waals surface area contributed by atoms with Gasteiger partial charge in [0.05, 0.1) is 22.1 Å². The van der Waals surface area contributed by atoms with Gasteiger partial charge in [-0.05, 0) is 94.0 Å². The monoisotopic (exact) mass is 957 g/mol. The maximum atomic E-state index is 7.36. The number of benzene rings is 11. The Labute approximate surface area is 431 Å². The lowest BCUT2D eigenvalue weighted by molar-refractivity contribution is 0.673. The van der Waals surface area contributed by atoms with Crippen LogP contribution in [0.1, 0.15) is 0 Å². The molecule has 0 spiro atoms. The summed E-state index contributed by atoms with van der Waals surface area (Å²) in [5.74, 6) is 1.80. The lowest BCUT2D eigenvalue weighted by atomic mass is 9.99. The SMILES string of the molecule is c1ccc(-c2ccc(-c3nc(-c4ccc(-n5c6ccccc6c6ccc7c8ccc9c%10ccccc%10n(-c%10ccc(-c%11ccccc%11)cc%10)c9c8oc7c65)cc4)nc(-c4ccccc4-c4ccccc4)n3)cc2)cc1. The van der Waals surface area contributed by atoms with Gasteiger partial charge in [-0.15, -0.1) is 0 Å². The highest BCUT2D eigenvalue weighted by atomic mass is 16.3. The third-order valence-corrected chi connectivity index (χ3v) is 14.8. The minimum Gasteiger partial charge on any atom is -0.452 e. The summed E-state index contributed by atoms with van der Waals surface area (Å²) in [6.45, 7) is 0. The lowest BCUT2D eigenvalue weighted by Crippen LogP contribution is -2.01. The predicted octanol–water partition coefficient (Wildman–Crippen LogP) is 18.0. The molecule has 0 fully saturated rings. The molecule has 0 aliphatic rings.